The summed E-state index contributed by atoms with van der Waals surface area (Å²) in [6, 6.07) is 15.7. The Morgan fingerprint density at radius 1 is 0.964 bits per heavy atom. The quantitative estimate of drug-likeness (QED) is 0.497. The van der Waals surface area contributed by atoms with Crippen molar-refractivity contribution >= 4 is 0 Å². The maximum atomic E-state index is 4.32. The Bertz CT molecular complexity index is 891. The van der Waals surface area contributed by atoms with E-state index < -0.39 is 0 Å². The van der Waals surface area contributed by atoms with E-state index in [1.165, 1.54) is 33.4 Å². The molecule has 1 atom stereocenters. The molecule has 0 heteroatoms. The normalized spacial score (nSPS) is 18.0. The van der Waals surface area contributed by atoms with E-state index in [9.17, 15) is 0 Å². The second-order valence-electron chi connectivity index (χ2n) is 9.69. The lowest BCUT2D eigenvalue weighted by Crippen LogP contribution is -2.16. The Morgan fingerprint density at radius 2 is 1.61 bits per heavy atom. The maximum Gasteiger partial charge on any atom is 0.0115 e. The topological polar surface area (TPSA) is 0 Å². The molecule has 148 valence electrons. The SMILES string of the molecule is C=C(/C=C1\Cc2c(C(C)C(C)C)cc(-c3ccccc3)cc2C1(C)C)C(C)C. The van der Waals surface area contributed by atoms with Crippen LogP contribution in [0, 0.1) is 11.8 Å². The summed E-state index contributed by atoms with van der Waals surface area (Å²) in [5, 5.41) is 0. The van der Waals surface area contributed by atoms with Gasteiger partial charge in [-0.25, -0.2) is 0 Å². The number of rotatable bonds is 5. The summed E-state index contributed by atoms with van der Waals surface area (Å²) in [6.07, 6.45) is 3.42. The number of hydrogen-bond acceptors (Lipinski definition) is 0. The lowest BCUT2D eigenvalue weighted by Gasteiger charge is -2.25. The molecule has 0 saturated heterocycles. The molecule has 0 saturated carbocycles. The number of fused-ring (bicyclic) bond motifs is 1. The van der Waals surface area contributed by atoms with Crippen LogP contribution in [0.4, 0.5) is 0 Å². The lowest BCUT2D eigenvalue weighted by molar-refractivity contribution is 0.532. The van der Waals surface area contributed by atoms with Gasteiger partial charge in [0.25, 0.3) is 0 Å². The van der Waals surface area contributed by atoms with Crippen LogP contribution in [0.15, 0.2) is 66.3 Å². The van der Waals surface area contributed by atoms with E-state index in [1.807, 2.05) is 0 Å². The molecule has 2 aromatic rings. The summed E-state index contributed by atoms with van der Waals surface area (Å²) in [5.74, 6) is 1.65. The van der Waals surface area contributed by atoms with Crippen molar-refractivity contribution in [3.63, 3.8) is 0 Å². The van der Waals surface area contributed by atoms with Crippen LogP contribution < -0.4 is 0 Å². The number of allylic oxidation sites excluding steroid dienone is 3. The Labute approximate surface area is 172 Å². The van der Waals surface area contributed by atoms with Gasteiger partial charge in [0.15, 0.2) is 0 Å². The molecule has 2 aromatic carbocycles. The van der Waals surface area contributed by atoms with Crippen molar-refractivity contribution in [2.24, 2.45) is 11.8 Å². The zero-order valence-corrected chi connectivity index (χ0v) is 18.8. The molecule has 0 aliphatic heterocycles. The minimum atomic E-state index is 0.0450. The van der Waals surface area contributed by atoms with E-state index in [1.54, 1.807) is 5.56 Å². The summed E-state index contributed by atoms with van der Waals surface area (Å²) in [5.41, 5.74) is 10.0. The van der Waals surface area contributed by atoms with Crippen LogP contribution in [0.25, 0.3) is 11.1 Å². The van der Waals surface area contributed by atoms with Gasteiger partial charge in [-0.05, 0) is 58.1 Å². The Kier molecular flexibility index (Phi) is 5.71. The Balaban J connectivity index is 2.20. The van der Waals surface area contributed by atoms with Gasteiger partial charge in [0, 0.05) is 5.41 Å². The summed E-state index contributed by atoms with van der Waals surface area (Å²) >= 11 is 0. The van der Waals surface area contributed by atoms with Crippen LogP contribution in [0.2, 0.25) is 0 Å². The lowest BCUT2D eigenvalue weighted by atomic mass is 9.79. The molecule has 0 nitrogen and oxygen atoms in total. The van der Waals surface area contributed by atoms with Crippen LogP contribution >= 0.6 is 0 Å². The molecular formula is C28H36. The zero-order chi connectivity index (χ0) is 20.6. The standard InChI is InChI=1S/C28H36/c1-18(2)20(5)14-24-17-26-25(21(6)19(3)4)15-23(16-27(26)28(24,7)8)22-12-10-9-11-13-22/h9-16,18-19,21H,5,17H2,1-4,6-8H3/b24-14+. The molecule has 0 bridgehead atoms. The largest absolute Gasteiger partial charge is 0.0956 e. The van der Waals surface area contributed by atoms with Crippen LogP contribution in [0.1, 0.15) is 71.1 Å². The first-order chi connectivity index (χ1) is 13.1. The molecule has 0 heterocycles. The molecule has 0 amide bonds. The molecule has 0 radical (unpaired) electrons. The highest BCUT2D eigenvalue weighted by Crippen LogP contribution is 2.48. The van der Waals surface area contributed by atoms with Crippen molar-refractivity contribution in [1.82, 2.24) is 0 Å². The third kappa shape index (κ3) is 3.75. The highest BCUT2D eigenvalue weighted by Gasteiger charge is 2.37. The van der Waals surface area contributed by atoms with Gasteiger partial charge in [-0.15, -0.1) is 0 Å². The van der Waals surface area contributed by atoms with E-state index >= 15 is 0 Å². The molecule has 3 rings (SSSR count). The maximum absolute atomic E-state index is 4.32. The molecule has 0 spiro atoms. The average molecular weight is 373 g/mol. The number of benzene rings is 2. The van der Waals surface area contributed by atoms with Gasteiger partial charge >= 0.3 is 0 Å². The van der Waals surface area contributed by atoms with Gasteiger partial charge in [0.2, 0.25) is 0 Å². The third-order valence-electron chi connectivity index (χ3n) is 6.83. The molecule has 1 aliphatic carbocycles. The Hall–Kier alpha value is -2.08. The van der Waals surface area contributed by atoms with Crippen LogP contribution in [-0.4, -0.2) is 0 Å². The first-order valence-corrected chi connectivity index (χ1v) is 10.8. The van der Waals surface area contributed by atoms with Gasteiger partial charge in [0.05, 0.1) is 0 Å². The summed E-state index contributed by atoms with van der Waals surface area (Å²) < 4.78 is 0. The molecule has 0 aromatic heterocycles. The minimum Gasteiger partial charge on any atom is -0.0956 e. The predicted octanol–water partition coefficient (Wildman–Crippen LogP) is 8.09. The average Bonchev–Trinajstić information content (AvgIpc) is 2.91. The predicted molar refractivity (Wildman–Crippen MR) is 124 cm³/mol. The highest BCUT2D eigenvalue weighted by atomic mass is 14.4. The summed E-state index contributed by atoms with van der Waals surface area (Å²) in [7, 11) is 0. The van der Waals surface area contributed by atoms with Gasteiger partial charge < -0.3 is 0 Å². The Morgan fingerprint density at radius 3 is 2.18 bits per heavy atom. The second kappa shape index (κ2) is 7.74. The zero-order valence-electron chi connectivity index (χ0n) is 18.8. The fourth-order valence-corrected chi connectivity index (χ4v) is 4.22. The molecule has 28 heavy (non-hydrogen) atoms. The van der Waals surface area contributed by atoms with Crippen molar-refractivity contribution in [2.45, 2.75) is 66.2 Å². The van der Waals surface area contributed by atoms with Crippen LogP contribution in [0.3, 0.4) is 0 Å². The molecule has 1 unspecified atom stereocenters. The highest BCUT2D eigenvalue weighted by molar-refractivity contribution is 5.70. The van der Waals surface area contributed by atoms with E-state index in [0.29, 0.717) is 17.8 Å². The summed E-state index contributed by atoms with van der Waals surface area (Å²) in [4.78, 5) is 0. The monoisotopic (exact) mass is 372 g/mol. The van der Waals surface area contributed by atoms with Gasteiger partial charge in [-0.1, -0.05) is 109 Å². The summed E-state index contributed by atoms with van der Waals surface area (Å²) in [6.45, 7) is 20.6. The minimum absolute atomic E-state index is 0.0450. The van der Waals surface area contributed by atoms with Crippen LogP contribution in [-0.2, 0) is 11.8 Å². The smallest absolute Gasteiger partial charge is 0.0115 e. The first kappa shape index (κ1) is 20.6. The second-order valence-corrected chi connectivity index (χ2v) is 9.69. The third-order valence-corrected chi connectivity index (χ3v) is 6.83. The van der Waals surface area contributed by atoms with Gasteiger partial charge in [0.1, 0.15) is 0 Å². The number of hydrogen-bond donors (Lipinski definition) is 0. The molecule has 0 fully saturated rings. The van der Waals surface area contributed by atoms with Crippen molar-refractivity contribution in [1.29, 1.82) is 0 Å². The molecular weight excluding hydrogens is 336 g/mol. The molecule has 0 N–H and O–H groups in total. The van der Waals surface area contributed by atoms with E-state index in [2.05, 4.69) is 104 Å². The fraction of sp³-hybridized carbons (Fsp3) is 0.429. The molecule has 1 aliphatic rings. The fourth-order valence-electron chi connectivity index (χ4n) is 4.22. The van der Waals surface area contributed by atoms with Crippen molar-refractivity contribution < 1.29 is 0 Å². The van der Waals surface area contributed by atoms with E-state index in [4.69, 9.17) is 0 Å². The van der Waals surface area contributed by atoms with E-state index in [-0.39, 0.29) is 5.41 Å². The van der Waals surface area contributed by atoms with Gasteiger partial charge in [-0.2, -0.15) is 0 Å². The van der Waals surface area contributed by atoms with Crippen LogP contribution in [0.5, 0.6) is 0 Å². The van der Waals surface area contributed by atoms with Crippen molar-refractivity contribution in [2.75, 3.05) is 0 Å². The van der Waals surface area contributed by atoms with Gasteiger partial charge in [-0.3, -0.25) is 0 Å². The first-order valence-electron chi connectivity index (χ1n) is 10.8. The van der Waals surface area contributed by atoms with E-state index in [0.717, 1.165) is 6.42 Å². The van der Waals surface area contributed by atoms with Crippen molar-refractivity contribution in [3.8, 4) is 11.1 Å². The van der Waals surface area contributed by atoms with Crippen molar-refractivity contribution in [3.05, 3.63) is 83.0 Å².